The highest BCUT2D eigenvalue weighted by Crippen LogP contribution is 2.39. The maximum absolute atomic E-state index is 9.37. The van der Waals surface area contributed by atoms with Crippen LogP contribution in [0, 0.1) is 39.0 Å². The van der Waals surface area contributed by atoms with Gasteiger partial charge in [-0.2, -0.15) is 5.26 Å². The second-order valence-corrected chi connectivity index (χ2v) is 6.41. The highest BCUT2D eigenvalue weighted by molar-refractivity contribution is 5.89. The molecule has 0 amide bonds. The van der Waals surface area contributed by atoms with Gasteiger partial charge in [0.05, 0.1) is 11.6 Å². The molecule has 0 aliphatic heterocycles. The van der Waals surface area contributed by atoms with Gasteiger partial charge in [-0.25, -0.2) is 0 Å². The number of nitriles is 1. The predicted molar refractivity (Wildman–Crippen MR) is 101 cm³/mol. The summed E-state index contributed by atoms with van der Waals surface area (Å²) < 4.78 is 0. The molecule has 0 saturated carbocycles. The van der Waals surface area contributed by atoms with Crippen LogP contribution < -0.4 is 0 Å². The van der Waals surface area contributed by atoms with E-state index in [2.05, 4.69) is 76.2 Å². The van der Waals surface area contributed by atoms with Gasteiger partial charge in [0, 0.05) is 0 Å². The molecule has 0 radical (unpaired) electrons. The van der Waals surface area contributed by atoms with Crippen LogP contribution in [-0.2, 0) is 0 Å². The van der Waals surface area contributed by atoms with E-state index in [-0.39, 0.29) is 0 Å². The van der Waals surface area contributed by atoms with Crippen molar-refractivity contribution in [1.29, 1.82) is 5.26 Å². The lowest BCUT2D eigenvalue weighted by Gasteiger charge is -2.18. The minimum atomic E-state index is 0.697. The molecule has 0 aliphatic carbocycles. The molecular formula is C23H21N. The molecule has 3 aromatic carbocycles. The topological polar surface area (TPSA) is 23.8 Å². The summed E-state index contributed by atoms with van der Waals surface area (Å²) in [4.78, 5) is 0. The Morgan fingerprint density at radius 1 is 0.625 bits per heavy atom. The van der Waals surface area contributed by atoms with E-state index in [1.165, 1.54) is 38.9 Å². The second-order valence-electron chi connectivity index (χ2n) is 6.41. The Balaban J connectivity index is 2.40. The lowest BCUT2D eigenvalue weighted by molar-refractivity contribution is 1.35. The van der Waals surface area contributed by atoms with E-state index >= 15 is 0 Å². The van der Waals surface area contributed by atoms with Crippen molar-refractivity contribution < 1.29 is 0 Å². The Hall–Kier alpha value is -2.85. The average Bonchev–Trinajstić information content (AvgIpc) is 2.55. The van der Waals surface area contributed by atoms with Crippen molar-refractivity contribution in [3.05, 3.63) is 82.4 Å². The molecule has 24 heavy (non-hydrogen) atoms. The van der Waals surface area contributed by atoms with Crippen molar-refractivity contribution in [3.8, 4) is 28.3 Å². The number of nitrogens with zero attached hydrogens (tertiary/aromatic N) is 1. The van der Waals surface area contributed by atoms with Crippen molar-refractivity contribution in [2.24, 2.45) is 0 Å². The molecule has 3 aromatic rings. The summed E-state index contributed by atoms with van der Waals surface area (Å²) in [5.74, 6) is 0. The normalized spacial score (nSPS) is 10.5. The van der Waals surface area contributed by atoms with Crippen LogP contribution in [0.5, 0.6) is 0 Å². The van der Waals surface area contributed by atoms with Crippen molar-refractivity contribution in [2.75, 3.05) is 0 Å². The van der Waals surface area contributed by atoms with Gasteiger partial charge in [0.15, 0.2) is 0 Å². The quantitative estimate of drug-likeness (QED) is 0.559. The van der Waals surface area contributed by atoms with Crippen molar-refractivity contribution >= 4 is 0 Å². The van der Waals surface area contributed by atoms with Crippen molar-refractivity contribution in [2.45, 2.75) is 27.7 Å². The van der Waals surface area contributed by atoms with Crippen LogP contribution in [-0.4, -0.2) is 0 Å². The van der Waals surface area contributed by atoms with E-state index in [1.807, 2.05) is 12.1 Å². The first-order valence-corrected chi connectivity index (χ1v) is 8.20. The maximum atomic E-state index is 9.37. The monoisotopic (exact) mass is 311 g/mol. The standard InChI is InChI=1S/C23H21N/c1-15-7-5-8-16(2)22(15)20-12-11-19(14-24)13-21(20)23-17(3)9-6-10-18(23)4/h5-13H,1-4H3. The molecule has 118 valence electrons. The fourth-order valence-corrected chi connectivity index (χ4v) is 3.52. The summed E-state index contributed by atoms with van der Waals surface area (Å²) in [5.41, 5.74) is 10.5. The first-order valence-electron chi connectivity index (χ1n) is 8.20. The Morgan fingerprint density at radius 2 is 1.08 bits per heavy atom. The predicted octanol–water partition coefficient (Wildman–Crippen LogP) is 6.13. The Labute approximate surface area is 144 Å². The van der Waals surface area contributed by atoms with Crippen molar-refractivity contribution in [1.82, 2.24) is 0 Å². The number of hydrogen-bond donors (Lipinski definition) is 0. The van der Waals surface area contributed by atoms with E-state index in [0.717, 1.165) is 5.56 Å². The molecule has 0 saturated heterocycles. The SMILES string of the molecule is Cc1cccc(C)c1-c1ccc(C#N)cc1-c1c(C)cccc1C. The van der Waals surface area contributed by atoms with Gasteiger partial charge >= 0.3 is 0 Å². The number of aryl methyl sites for hydroxylation is 4. The van der Waals surface area contributed by atoms with E-state index < -0.39 is 0 Å². The molecule has 0 aliphatic rings. The highest BCUT2D eigenvalue weighted by Gasteiger charge is 2.15. The van der Waals surface area contributed by atoms with Crippen LogP contribution in [0.15, 0.2) is 54.6 Å². The zero-order valence-corrected chi connectivity index (χ0v) is 14.6. The third-order valence-corrected chi connectivity index (χ3v) is 4.65. The van der Waals surface area contributed by atoms with E-state index in [1.54, 1.807) is 0 Å². The molecule has 0 bridgehead atoms. The molecule has 1 heteroatoms. The molecule has 3 rings (SSSR count). The van der Waals surface area contributed by atoms with Crippen LogP contribution in [0.25, 0.3) is 22.3 Å². The van der Waals surface area contributed by atoms with Gasteiger partial charge in [-0.3, -0.25) is 0 Å². The first kappa shape index (κ1) is 16.0. The Morgan fingerprint density at radius 3 is 1.54 bits per heavy atom. The largest absolute Gasteiger partial charge is 0.192 e. The molecule has 0 spiro atoms. The van der Waals surface area contributed by atoms with Crippen LogP contribution >= 0.6 is 0 Å². The highest BCUT2D eigenvalue weighted by atomic mass is 14.2. The minimum Gasteiger partial charge on any atom is -0.192 e. The average molecular weight is 311 g/mol. The maximum Gasteiger partial charge on any atom is 0.0991 e. The molecular weight excluding hydrogens is 290 g/mol. The zero-order valence-electron chi connectivity index (χ0n) is 14.6. The molecule has 0 unspecified atom stereocenters. The molecule has 0 atom stereocenters. The lowest BCUT2D eigenvalue weighted by atomic mass is 9.85. The van der Waals surface area contributed by atoms with E-state index in [4.69, 9.17) is 0 Å². The third kappa shape index (κ3) is 2.72. The van der Waals surface area contributed by atoms with Crippen LogP contribution in [0.3, 0.4) is 0 Å². The summed E-state index contributed by atoms with van der Waals surface area (Å²) in [6.07, 6.45) is 0. The summed E-state index contributed by atoms with van der Waals surface area (Å²) in [7, 11) is 0. The zero-order chi connectivity index (χ0) is 17.3. The number of hydrogen-bond acceptors (Lipinski definition) is 1. The molecule has 0 heterocycles. The van der Waals surface area contributed by atoms with Gasteiger partial charge < -0.3 is 0 Å². The molecule has 0 N–H and O–H groups in total. The summed E-state index contributed by atoms with van der Waals surface area (Å²) in [6, 6.07) is 21.1. The van der Waals surface area contributed by atoms with Crippen molar-refractivity contribution in [3.63, 3.8) is 0 Å². The Kier molecular flexibility index (Phi) is 4.23. The summed E-state index contributed by atoms with van der Waals surface area (Å²) in [6.45, 7) is 8.57. The van der Waals surface area contributed by atoms with Gasteiger partial charge in [0.1, 0.15) is 0 Å². The van der Waals surface area contributed by atoms with Gasteiger partial charge in [0.25, 0.3) is 0 Å². The van der Waals surface area contributed by atoms with Crippen LogP contribution in [0.2, 0.25) is 0 Å². The fourth-order valence-electron chi connectivity index (χ4n) is 3.52. The molecule has 1 nitrogen and oxygen atoms in total. The van der Waals surface area contributed by atoms with Gasteiger partial charge in [-0.15, -0.1) is 0 Å². The minimum absolute atomic E-state index is 0.697. The van der Waals surface area contributed by atoms with Crippen LogP contribution in [0.4, 0.5) is 0 Å². The number of rotatable bonds is 2. The van der Waals surface area contributed by atoms with E-state index in [9.17, 15) is 5.26 Å². The molecule has 0 fully saturated rings. The summed E-state index contributed by atoms with van der Waals surface area (Å²) in [5, 5.41) is 9.37. The lowest BCUT2D eigenvalue weighted by Crippen LogP contribution is -1.95. The number of benzene rings is 3. The summed E-state index contributed by atoms with van der Waals surface area (Å²) >= 11 is 0. The van der Waals surface area contributed by atoms with Gasteiger partial charge in [-0.1, -0.05) is 42.5 Å². The van der Waals surface area contributed by atoms with Crippen LogP contribution in [0.1, 0.15) is 27.8 Å². The third-order valence-electron chi connectivity index (χ3n) is 4.65. The molecule has 0 aromatic heterocycles. The van der Waals surface area contributed by atoms with E-state index in [0.29, 0.717) is 5.56 Å². The first-order chi connectivity index (χ1) is 11.5. The van der Waals surface area contributed by atoms with Gasteiger partial charge in [-0.05, 0) is 84.3 Å². The van der Waals surface area contributed by atoms with Gasteiger partial charge in [0.2, 0.25) is 0 Å². The Bertz CT molecular complexity index is 918. The second kappa shape index (κ2) is 6.34. The smallest absolute Gasteiger partial charge is 0.0991 e. The fraction of sp³-hybridized carbons (Fsp3) is 0.174.